The Labute approximate surface area is 151 Å². The van der Waals surface area contributed by atoms with Crippen LogP contribution in [0.4, 0.5) is 5.95 Å². The second-order valence-electron chi connectivity index (χ2n) is 6.03. The zero-order chi connectivity index (χ0) is 17.9. The van der Waals surface area contributed by atoms with Crippen LogP contribution >= 0.6 is 0 Å². The minimum absolute atomic E-state index is 0.386. The minimum atomic E-state index is 0.386. The number of rotatable bonds is 5. The minimum Gasteiger partial charge on any atom is -0.324 e. The summed E-state index contributed by atoms with van der Waals surface area (Å²) >= 11 is 0. The van der Waals surface area contributed by atoms with Crippen molar-refractivity contribution in [3.63, 3.8) is 0 Å². The average Bonchev–Trinajstić information content (AvgIpc) is 3.01. The summed E-state index contributed by atoms with van der Waals surface area (Å²) in [7, 11) is 0. The molecule has 0 saturated heterocycles. The van der Waals surface area contributed by atoms with Gasteiger partial charge in [-0.3, -0.25) is 0 Å². The predicted octanol–water partition coefficient (Wildman–Crippen LogP) is 4.01. The van der Waals surface area contributed by atoms with Gasteiger partial charge in [0.05, 0.1) is 11.7 Å². The van der Waals surface area contributed by atoms with Crippen LogP contribution in [0.3, 0.4) is 0 Å². The molecule has 0 aliphatic rings. The van der Waals surface area contributed by atoms with Crippen LogP contribution < -0.4 is 5.43 Å². The maximum absolute atomic E-state index is 4.61. The fourth-order valence-electron chi connectivity index (χ4n) is 3.07. The number of anilines is 1. The second-order valence-corrected chi connectivity index (χ2v) is 6.03. The molecule has 4 rings (SSSR count). The predicted molar refractivity (Wildman–Crippen MR) is 106 cm³/mol. The highest BCUT2D eigenvalue weighted by Gasteiger charge is 2.13. The van der Waals surface area contributed by atoms with Gasteiger partial charge in [-0.15, -0.1) is 10.2 Å². The SMILES string of the molecule is CCc1ccc(/C=N\Nc2nnc3c4ccccc4n(CC)c3n2)cc1. The average molecular weight is 344 g/mol. The molecular formula is C20H20N6. The maximum Gasteiger partial charge on any atom is 0.265 e. The number of aryl methyl sites for hydroxylation is 2. The van der Waals surface area contributed by atoms with Crippen LogP contribution in [0, 0.1) is 0 Å². The maximum atomic E-state index is 4.61. The van der Waals surface area contributed by atoms with Gasteiger partial charge in [0.15, 0.2) is 5.65 Å². The molecule has 0 unspecified atom stereocenters. The van der Waals surface area contributed by atoms with Crippen molar-refractivity contribution >= 4 is 34.2 Å². The Bertz CT molecular complexity index is 1080. The molecule has 4 aromatic rings. The summed E-state index contributed by atoms with van der Waals surface area (Å²) in [6.45, 7) is 5.05. The highest BCUT2D eigenvalue weighted by molar-refractivity contribution is 6.04. The third-order valence-electron chi connectivity index (χ3n) is 4.46. The van der Waals surface area contributed by atoms with Crippen molar-refractivity contribution in [3.05, 3.63) is 59.7 Å². The number of hydrogen-bond donors (Lipinski definition) is 1. The highest BCUT2D eigenvalue weighted by Crippen LogP contribution is 2.25. The lowest BCUT2D eigenvalue weighted by molar-refractivity contribution is 0.811. The smallest absolute Gasteiger partial charge is 0.265 e. The van der Waals surface area contributed by atoms with E-state index in [4.69, 9.17) is 0 Å². The van der Waals surface area contributed by atoms with Crippen molar-refractivity contribution in [2.24, 2.45) is 5.10 Å². The zero-order valence-electron chi connectivity index (χ0n) is 14.8. The molecule has 1 N–H and O–H groups in total. The van der Waals surface area contributed by atoms with Crippen LogP contribution in [0.5, 0.6) is 0 Å². The Morgan fingerprint density at radius 1 is 1.04 bits per heavy atom. The number of nitrogens with one attached hydrogen (secondary N) is 1. The normalized spacial score (nSPS) is 11.6. The van der Waals surface area contributed by atoms with E-state index < -0.39 is 0 Å². The summed E-state index contributed by atoms with van der Waals surface area (Å²) in [5.74, 6) is 0.386. The molecule has 6 heteroatoms. The molecule has 130 valence electrons. The molecule has 0 amide bonds. The number of aromatic nitrogens is 4. The lowest BCUT2D eigenvalue weighted by Crippen LogP contribution is -2.02. The van der Waals surface area contributed by atoms with Gasteiger partial charge in [0, 0.05) is 11.9 Å². The quantitative estimate of drug-likeness (QED) is 0.439. The molecule has 0 fully saturated rings. The van der Waals surface area contributed by atoms with E-state index in [-0.39, 0.29) is 0 Å². The topological polar surface area (TPSA) is 68.0 Å². The Hall–Kier alpha value is -3.28. The van der Waals surface area contributed by atoms with Crippen molar-refractivity contribution in [3.8, 4) is 0 Å². The first-order valence-corrected chi connectivity index (χ1v) is 8.79. The van der Waals surface area contributed by atoms with E-state index in [9.17, 15) is 0 Å². The van der Waals surface area contributed by atoms with Gasteiger partial charge < -0.3 is 4.57 Å². The van der Waals surface area contributed by atoms with E-state index in [1.54, 1.807) is 6.21 Å². The lowest BCUT2D eigenvalue weighted by atomic mass is 10.1. The van der Waals surface area contributed by atoms with Crippen molar-refractivity contribution in [2.45, 2.75) is 26.8 Å². The summed E-state index contributed by atoms with van der Waals surface area (Å²) in [5, 5.41) is 13.8. The first kappa shape index (κ1) is 16.2. The van der Waals surface area contributed by atoms with Gasteiger partial charge in [0.2, 0.25) is 0 Å². The molecule has 0 radical (unpaired) electrons. The Morgan fingerprint density at radius 2 is 1.85 bits per heavy atom. The summed E-state index contributed by atoms with van der Waals surface area (Å²) in [6.07, 6.45) is 2.78. The first-order chi connectivity index (χ1) is 12.8. The molecule has 2 aromatic carbocycles. The van der Waals surface area contributed by atoms with E-state index in [1.165, 1.54) is 5.56 Å². The fraction of sp³-hybridized carbons (Fsp3) is 0.200. The summed E-state index contributed by atoms with van der Waals surface area (Å²) < 4.78 is 2.14. The molecule has 6 nitrogen and oxygen atoms in total. The Kier molecular flexibility index (Phi) is 4.31. The van der Waals surface area contributed by atoms with Crippen molar-refractivity contribution in [1.29, 1.82) is 0 Å². The van der Waals surface area contributed by atoms with Gasteiger partial charge in [0.25, 0.3) is 5.95 Å². The fourth-order valence-corrected chi connectivity index (χ4v) is 3.07. The van der Waals surface area contributed by atoms with E-state index in [0.717, 1.165) is 40.6 Å². The van der Waals surface area contributed by atoms with E-state index >= 15 is 0 Å². The van der Waals surface area contributed by atoms with Gasteiger partial charge in [-0.25, -0.2) is 5.43 Å². The van der Waals surface area contributed by atoms with Gasteiger partial charge in [-0.1, -0.05) is 49.4 Å². The van der Waals surface area contributed by atoms with Crippen molar-refractivity contribution in [1.82, 2.24) is 19.7 Å². The van der Waals surface area contributed by atoms with Gasteiger partial charge in [-0.2, -0.15) is 10.1 Å². The molecular weight excluding hydrogens is 324 g/mol. The van der Waals surface area contributed by atoms with E-state index in [2.05, 4.69) is 62.3 Å². The third kappa shape index (κ3) is 2.90. The molecule has 0 spiro atoms. The van der Waals surface area contributed by atoms with Crippen molar-refractivity contribution in [2.75, 3.05) is 5.43 Å². The third-order valence-corrected chi connectivity index (χ3v) is 4.46. The van der Waals surface area contributed by atoms with Crippen LogP contribution in [0.25, 0.3) is 22.1 Å². The lowest BCUT2D eigenvalue weighted by Gasteiger charge is -2.02. The van der Waals surface area contributed by atoms with Crippen LogP contribution in [-0.2, 0) is 13.0 Å². The molecule has 0 aliphatic heterocycles. The zero-order valence-corrected chi connectivity index (χ0v) is 14.8. The van der Waals surface area contributed by atoms with Crippen LogP contribution in [-0.4, -0.2) is 26.0 Å². The van der Waals surface area contributed by atoms with Crippen molar-refractivity contribution < 1.29 is 0 Å². The molecule has 2 heterocycles. The van der Waals surface area contributed by atoms with Gasteiger partial charge >= 0.3 is 0 Å². The number of hydrazone groups is 1. The summed E-state index contributed by atoms with van der Waals surface area (Å²) in [6, 6.07) is 16.4. The summed E-state index contributed by atoms with van der Waals surface area (Å²) in [4.78, 5) is 4.61. The molecule has 0 bridgehead atoms. The monoisotopic (exact) mass is 344 g/mol. The molecule has 2 aromatic heterocycles. The summed E-state index contributed by atoms with van der Waals surface area (Å²) in [5.41, 5.74) is 7.95. The van der Waals surface area contributed by atoms with Gasteiger partial charge in [0.1, 0.15) is 5.52 Å². The molecule has 26 heavy (non-hydrogen) atoms. The van der Waals surface area contributed by atoms with E-state index in [0.29, 0.717) is 5.95 Å². The number of nitrogens with zero attached hydrogens (tertiary/aromatic N) is 5. The molecule has 0 atom stereocenters. The van der Waals surface area contributed by atoms with Crippen LogP contribution in [0.15, 0.2) is 53.6 Å². The largest absolute Gasteiger partial charge is 0.324 e. The highest BCUT2D eigenvalue weighted by atomic mass is 15.4. The number of benzene rings is 2. The number of hydrogen-bond acceptors (Lipinski definition) is 5. The molecule has 0 aliphatic carbocycles. The first-order valence-electron chi connectivity index (χ1n) is 8.79. The number of fused-ring (bicyclic) bond motifs is 3. The number of para-hydroxylation sites is 1. The Morgan fingerprint density at radius 3 is 2.62 bits per heavy atom. The van der Waals surface area contributed by atoms with Gasteiger partial charge in [-0.05, 0) is 30.5 Å². The van der Waals surface area contributed by atoms with Crippen LogP contribution in [0.2, 0.25) is 0 Å². The second kappa shape index (κ2) is 6.92. The standard InChI is InChI=1S/C20H20N6/c1-3-14-9-11-15(12-10-14)13-21-24-20-22-19-18(23-25-20)16-7-5-6-8-17(16)26(19)4-2/h5-13H,3-4H2,1-2H3,(H,22,24,25)/b21-13-. The van der Waals surface area contributed by atoms with Crippen LogP contribution in [0.1, 0.15) is 25.0 Å². The Balaban J connectivity index is 1.62. The molecule has 0 saturated carbocycles. The van der Waals surface area contributed by atoms with E-state index in [1.807, 2.05) is 30.3 Å².